The number of hydrogen-bond donors (Lipinski definition) is 1. The van der Waals surface area contributed by atoms with Gasteiger partial charge in [0.25, 0.3) is 5.91 Å². The zero-order chi connectivity index (χ0) is 20.0. The largest absolute Gasteiger partial charge is 0.449 e. The molecule has 0 aromatic heterocycles. The maximum atomic E-state index is 13.3. The Bertz CT molecular complexity index is 899. The van der Waals surface area contributed by atoms with Crippen molar-refractivity contribution in [2.24, 2.45) is 0 Å². The summed E-state index contributed by atoms with van der Waals surface area (Å²) in [7, 11) is 0. The number of carbonyl (C=O) groups is 2. The zero-order valence-corrected chi connectivity index (χ0v) is 15.6. The molecule has 0 bridgehead atoms. The number of carbonyl (C=O) groups excluding carboxylic acids is 2. The van der Waals surface area contributed by atoms with Crippen LogP contribution in [0.3, 0.4) is 0 Å². The molecule has 2 aromatic rings. The minimum atomic E-state index is -1.16. The Balaban J connectivity index is 1.95. The number of nitrogens with zero attached hydrogens (tertiary/aromatic N) is 1. The molecule has 0 aliphatic rings. The van der Waals surface area contributed by atoms with Crippen LogP contribution < -0.4 is 5.32 Å². The smallest absolute Gasteiger partial charge is 0.331 e. The van der Waals surface area contributed by atoms with E-state index in [0.29, 0.717) is 0 Å². The molecule has 0 aliphatic carbocycles. The fourth-order valence-corrected chi connectivity index (χ4v) is 2.24. The van der Waals surface area contributed by atoms with Gasteiger partial charge < -0.3 is 10.1 Å². The molecule has 0 heterocycles. The van der Waals surface area contributed by atoms with Crippen LogP contribution in [0.5, 0.6) is 0 Å². The van der Waals surface area contributed by atoms with Gasteiger partial charge in [-0.15, -0.1) is 0 Å². The fraction of sp³-hybridized carbons (Fsp3) is 0.111. The number of halogens is 2. The van der Waals surface area contributed by atoms with Crippen molar-refractivity contribution in [3.8, 4) is 0 Å². The van der Waals surface area contributed by atoms with Crippen LogP contribution in [0.1, 0.15) is 12.5 Å². The first-order chi connectivity index (χ1) is 12.8. The highest BCUT2D eigenvalue weighted by molar-refractivity contribution is 9.10. The summed E-state index contributed by atoms with van der Waals surface area (Å²) in [6, 6.07) is 10.1. The summed E-state index contributed by atoms with van der Waals surface area (Å²) >= 11 is 3.30. The molecule has 27 heavy (non-hydrogen) atoms. The average molecular weight is 437 g/mol. The van der Waals surface area contributed by atoms with Crippen LogP contribution in [0.15, 0.2) is 53.0 Å². The molecule has 1 N–H and O–H groups in total. The Labute approximate surface area is 162 Å². The number of esters is 1. The van der Waals surface area contributed by atoms with Crippen LogP contribution in [0.2, 0.25) is 0 Å². The van der Waals surface area contributed by atoms with Crippen LogP contribution in [-0.4, -0.2) is 22.9 Å². The van der Waals surface area contributed by atoms with E-state index in [-0.39, 0.29) is 5.69 Å². The number of rotatable bonds is 6. The number of nitro groups is 1. The van der Waals surface area contributed by atoms with Crippen molar-refractivity contribution in [3.63, 3.8) is 0 Å². The minimum Gasteiger partial charge on any atom is -0.449 e. The number of ether oxygens (including phenoxy) is 1. The van der Waals surface area contributed by atoms with E-state index in [1.165, 1.54) is 25.1 Å². The van der Waals surface area contributed by atoms with Crippen molar-refractivity contribution < 1.29 is 23.6 Å². The van der Waals surface area contributed by atoms with E-state index in [1.807, 2.05) is 12.1 Å². The molecule has 140 valence electrons. The first kappa shape index (κ1) is 20.2. The number of amides is 1. The summed E-state index contributed by atoms with van der Waals surface area (Å²) < 4.78 is 19.2. The standard InChI is InChI=1S/C18H14BrFN2O5/c1-11(27-17(23)9-4-12-2-5-13(19)6-3-12)18(24)21-14-7-8-15(20)16(10-14)22(25)26/h2-11H,1H3,(H,21,24)/b9-4+. The van der Waals surface area contributed by atoms with E-state index in [2.05, 4.69) is 21.2 Å². The first-order valence-corrected chi connectivity index (χ1v) is 8.44. The summed E-state index contributed by atoms with van der Waals surface area (Å²) in [5, 5.41) is 13.1. The molecule has 2 rings (SSSR count). The van der Waals surface area contributed by atoms with Gasteiger partial charge in [0.1, 0.15) is 0 Å². The number of benzene rings is 2. The fourth-order valence-electron chi connectivity index (χ4n) is 1.98. The highest BCUT2D eigenvalue weighted by Crippen LogP contribution is 2.21. The van der Waals surface area contributed by atoms with E-state index in [9.17, 15) is 24.1 Å². The number of anilines is 1. The molecule has 1 atom stereocenters. The van der Waals surface area contributed by atoms with Crippen molar-refractivity contribution in [2.45, 2.75) is 13.0 Å². The predicted molar refractivity (Wildman–Crippen MR) is 100 cm³/mol. The highest BCUT2D eigenvalue weighted by atomic mass is 79.9. The molecule has 0 saturated heterocycles. The summed E-state index contributed by atoms with van der Waals surface area (Å²) in [4.78, 5) is 33.7. The summed E-state index contributed by atoms with van der Waals surface area (Å²) in [5.41, 5.74) is 0.0159. The molecule has 2 aromatic carbocycles. The van der Waals surface area contributed by atoms with Crippen molar-refractivity contribution in [3.05, 3.63) is 74.5 Å². The lowest BCUT2D eigenvalue weighted by atomic mass is 10.2. The Kier molecular flexibility index (Phi) is 6.78. The third kappa shape index (κ3) is 6.00. The Hall–Kier alpha value is -3.07. The Morgan fingerprint density at radius 3 is 2.56 bits per heavy atom. The lowest BCUT2D eigenvalue weighted by Crippen LogP contribution is -2.29. The maximum absolute atomic E-state index is 13.3. The molecule has 7 nitrogen and oxygen atoms in total. The SMILES string of the molecule is CC(OC(=O)/C=C/c1ccc(Br)cc1)C(=O)Nc1ccc(F)c([N+](=O)[O-])c1. The lowest BCUT2D eigenvalue weighted by Gasteiger charge is -2.12. The molecular formula is C18H14BrFN2O5. The summed E-state index contributed by atoms with van der Waals surface area (Å²) in [6.07, 6.45) is 1.55. The summed E-state index contributed by atoms with van der Waals surface area (Å²) in [6.45, 7) is 1.35. The maximum Gasteiger partial charge on any atom is 0.331 e. The molecule has 0 aliphatic heterocycles. The van der Waals surface area contributed by atoms with Gasteiger partial charge in [0.2, 0.25) is 5.82 Å². The van der Waals surface area contributed by atoms with Crippen LogP contribution >= 0.6 is 15.9 Å². The van der Waals surface area contributed by atoms with E-state index in [0.717, 1.165) is 22.2 Å². The third-order valence-corrected chi connectivity index (χ3v) is 3.88. The third-order valence-electron chi connectivity index (χ3n) is 3.35. The molecule has 0 spiro atoms. The normalized spacial score (nSPS) is 11.8. The average Bonchev–Trinajstić information content (AvgIpc) is 2.62. The van der Waals surface area contributed by atoms with Gasteiger partial charge in [-0.2, -0.15) is 4.39 Å². The first-order valence-electron chi connectivity index (χ1n) is 7.65. The van der Waals surface area contributed by atoms with Gasteiger partial charge in [-0.3, -0.25) is 14.9 Å². The molecule has 0 fully saturated rings. The second-order valence-corrected chi connectivity index (χ2v) is 6.29. The number of nitrogens with one attached hydrogen (secondary N) is 1. The molecule has 9 heteroatoms. The van der Waals surface area contributed by atoms with Gasteiger partial charge in [-0.1, -0.05) is 28.1 Å². The van der Waals surface area contributed by atoms with Gasteiger partial charge in [0.05, 0.1) is 4.92 Å². The molecule has 0 radical (unpaired) electrons. The predicted octanol–water partition coefficient (Wildman–Crippen LogP) is 4.08. The second kappa shape index (κ2) is 9.04. The lowest BCUT2D eigenvalue weighted by molar-refractivity contribution is -0.387. The van der Waals surface area contributed by atoms with Crippen LogP contribution in [-0.2, 0) is 14.3 Å². The number of hydrogen-bond acceptors (Lipinski definition) is 5. The van der Waals surface area contributed by atoms with Crippen molar-refractivity contribution in [2.75, 3.05) is 5.32 Å². The second-order valence-electron chi connectivity index (χ2n) is 5.38. The van der Waals surface area contributed by atoms with Gasteiger partial charge in [0, 0.05) is 22.3 Å². The van der Waals surface area contributed by atoms with E-state index < -0.39 is 34.4 Å². The molecule has 1 unspecified atom stereocenters. The zero-order valence-electron chi connectivity index (χ0n) is 14.0. The van der Waals surface area contributed by atoms with Crippen molar-refractivity contribution >= 4 is 45.3 Å². The molecule has 1 amide bonds. The van der Waals surface area contributed by atoms with Crippen LogP contribution in [0, 0.1) is 15.9 Å². The number of nitro benzene ring substituents is 1. The van der Waals surface area contributed by atoms with Gasteiger partial charge >= 0.3 is 11.7 Å². The topological polar surface area (TPSA) is 98.5 Å². The Morgan fingerprint density at radius 2 is 1.93 bits per heavy atom. The Morgan fingerprint density at radius 1 is 1.26 bits per heavy atom. The van der Waals surface area contributed by atoms with Gasteiger partial charge in [0.15, 0.2) is 6.10 Å². The van der Waals surface area contributed by atoms with E-state index in [4.69, 9.17) is 4.74 Å². The van der Waals surface area contributed by atoms with Crippen LogP contribution in [0.4, 0.5) is 15.8 Å². The monoisotopic (exact) mass is 436 g/mol. The minimum absolute atomic E-state index is 0.0152. The van der Waals surface area contributed by atoms with E-state index in [1.54, 1.807) is 12.1 Å². The van der Waals surface area contributed by atoms with Crippen LogP contribution in [0.25, 0.3) is 6.08 Å². The summed E-state index contributed by atoms with van der Waals surface area (Å²) in [5.74, 6) is -2.46. The van der Waals surface area contributed by atoms with E-state index >= 15 is 0 Å². The van der Waals surface area contributed by atoms with Crippen molar-refractivity contribution in [1.82, 2.24) is 0 Å². The van der Waals surface area contributed by atoms with Gasteiger partial charge in [-0.25, -0.2) is 4.79 Å². The molecular weight excluding hydrogens is 423 g/mol. The van der Waals surface area contributed by atoms with Gasteiger partial charge in [-0.05, 0) is 42.8 Å². The molecule has 0 saturated carbocycles. The highest BCUT2D eigenvalue weighted by Gasteiger charge is 2.19. The quantitative estimate of drug-likeness (QED) is 0.318. The van der Waals surface area contributed by atoms with Crippen molar-refractivity contribution in [1.29, 1.82) is 0 Å².